The van der Waals surface area contributed by atoms with Gasteiger partial charge in [-0.05, 0) is 41.8 Å². The maximum absolute atomic E-state index is 12.2. The fraction of sp³-hybridized carbons (Fsp3) is 0.300. The Morgan fingerprint density at radius 3 is 2.52 bits per heavy atom. The quantitative estimate of drug-likeness (QED) is 0.430. The second-order valence-electron chi connectivity index (χ2n) is 5.53. The molecule has 5 nitrogen and oxygen atoms in total. The van der Waals surface area contributed by atoms with Gasteiger partial charge in [-0.25, -0.2) is 5.43 Å². The third-order valence-corrected chi connectivity index (χ3v) is 3.61. The Hall–Kier alpha value is -2.66. The van der Waals surface area contributed by atoms with E-state index in [2.05, 4.69) is 17.5 Å². The number of hydrogen-bond donors (Lipinski definition) is 1. The van der Waals surface area contributed by atoms with Gasteiger partial charge in [0, 0.05) is 7.11 Å². The summed E-state index contributed by atoms with van der Waals surface area (Å²) in [4.78, 5) is 12.2. The van der Waals surface area contributed by atoms with E-state index in [0.29, 0.717) is 0 Å². The van der Waals surface area contributed by atoms with Crippen molar-refractivity contribution < 1.29 is 14.3 Å². The first-order valence-corrected chi connectivity index (χ1v) is 8.38. The van der Waals surface area contributed by atoms with Gasteiger partial charge in [-0.3, -0.25) is 4.79 Å². The van der Waals surface area contributed by atoms with Crippen LogP contribution in [-0.4, -0.2) is 25.8 Å². The number of hydrazone groups is 1. The topological polar surface area (TPSA) is 59.9 Å². The number of nitrogens with one attached hydrogen (secondary N) is 1. The van der Waals surface area contributed by atoms with E-state index in [1.54, 1.807) is 6.21 Å². The van der Waals surface area contributed by atoms with Gasteiger partial charge in [0.05, 0.1) is 12.8 Å². The Balaban J connectivity index is 1.88. The first kappa shape index (κ1) is 18.7. The summed E-state index contributed by atoms with van der Waals surface area (Å²) in [6.07, 6.45) is 3.05. The van der Waals surface area contributed by atoms with E-state index in [9.17, 15) is 4.79 Å². The van der Waals surface area contributed by atoms with Gasteiger partial charge in [-0.15, -0.1) is 0 Å². The maximum atomic E-state index is 12.2. The first-order valence-electron chi connectivity index (χ1n) is 8.38. The van der Waals surface area contributed by atoms with Crippen LogP contribution < -0.4 is 10.2 Å². The van der Waals surface area contributed by atoms with E-state index in [1.165, 1.54) is 7.11 Å². The lowest BCUT2D eigenvalue weighted by Gasteiger charge is -2.13. The molecule has 0 heterocycles. The van der Waals surface area contributed by atoms with Crippen LogP contribution in [0.3, 0.4) is 0 Å². The van der Waals surface area contributed by atoms with Gasteiger partial charge >= 0.3 is 0 Å². The number of nitrogens with zero attached hydrogens (tertiary/aromatic N) is 1. The predicted molar refractivity (Wildman–Crippen MR) is 98.8 cm³/mol. The van der Waals surface area contributed by atoms with Crippen LogP contribution in [0.2, 0.25) is 0 Å². The van der Waals surface area contributed by atoms with Crippen LogP contribution in [0.25, 0.3) is 0 Å². The number of amides is 1. The third-order valence-electron chi connectivity index (χ3n) is 3.61. The van der Waals surface area contributed by atoms with Crippen LogP contribution >= 0.6 is 0 Å². The highest BCUT2D eigenvalue weighted by molar-refractivity contribution is 5.85. The summed E-state index contributed by atoms with van der Waals surface area (Å²) in [5.74, 6) is 0.516. The lowest BCUT2D eigenvalue weighted by atomic mass is 10.1. The standard InChI is InChI=1S/C20H24N2O3/c1-3-4-14-25-18-12-10-16(11-13-18)15-21-22-20(23)19(24-2)17-8-6-5-7-9-17/h5-13,15,19H,3-4,14H2,1-2H3,(H,22,23)/b21-15-. The van der Waals surface area contributed by atoms with Crippen molar-refractivity contribution >= 4 is 12.1 Å². The smallest absolute Gasteiger partial charge is 0.273 e. The molecule has 0 aromatic heterocycles. The summed E-state index contributed by atoms with van der Waals surface area (Å²) in [5, 5.41) is 4.00. The molecule has 0 aliphatic carbocycles. The van der Waals surface area contributed by atoms with Gasteiger partial charge in [0.15, 0.2) is 6.10 Å². The number of carbonyl (C=O) groups excluding carboxylic acids is 1. The second-order valence-corrected chi connectivity index (χ2v) is 5.53. The lowest BCUT2D eigenvalue weighted by Crippen LogP contribution is -2.26. The second kappa shape index (κ2) is 10.3. The lowest BCUT2D eigenvalue weighted by molar-refractivity contribution is -0.131. The SMILES string of the molecule is CCCCOc1ccc(/C=N\NC(=O)C(OC)c2ccccc2)cc1. The minimum absolute atomic E-state index is 0.315. The van der Waals surface area contributed by atoms with E-state index in [0.717, 1.165) is 36.3 Å². The van der Waals surface area contributed by atoms with Gasteiger partial charge in [0.2, 0.25) is 0 Å². The number of benzene rings is 2. The molecule has 0 spiro atoms. The summed E-state index contributed by atoms with van der Waals surface area (Å²) in [6.45, 7) is 2.85. The fourth-order valence-electron chi connectivity index (χ4n) is 2.24. The third kappa shape index (κ3) is 6.04. The molecule has 2 rings (SSSR count). The summed E-state index contributed by atoms with van der Waals surface area (Å²) in [5.41, 5.74) is 4.17. The van der Waals surface area contributed by atoms with Crippen LogP contribution in [0.15, 0.2) is 59.7 Å². The predicted octanol–water partition coefficient (Wildman–Crippen LogP) is 3.70. The molecular weight excluding hydrogens is 316 g/mol. The molecule has 0 saturated heterocycles. The normalized spacial score (nSPS) is 12.1. The number of ether oxygens (including phenoxy) is 2. The van der Waals surface area contributed by atoms with Gasteiger partial charge < -0.3 is 9.47 Å². The average molecular weight is 340 g/mol. The summed E-state index contributed by atoms with van der Waals surface area (Å²) >= 11 is 0. The van der Waals surface area contributed by atoms with Crippen molar-refractivity contribution in [3.05, 3.63) is 65.7 Å². The molecule has 0 radical (unpaired) electrons. The summed E-state index contributed by atoms with van der Waals surface area (Å²) in [6, 6.07) is 16.9. The minimum atomic E-state index is -0.687. The Morgan fingerprint density at radius 2 is 1.88 bits per heavy atom. The van der Waals surface area contributed by atoms with Gasteiger partial charge in [-0.1, -0.05) is 43.7 Å². The molecule has 1 amide bonds. The van der Waals surface area contributed by atoms with Crippen LogP contribution in [-0.2, 0) is 9.53 Å². The molecule has 5 heteroatoms. The van der Waals surface area contributed by atoms with Crippen molar-refractivity contribution in [2.75, 3.05) is 13.7 Å². The monoisotopic (exact) mass is 340 g/mol. The molecule has 0 saturated carbocycles. The van der Waals surface area contributed by atoms with Crippen LogP contribution in [0.5, 0.6) is 5.75 Å². The van der Waals surface area contributed by atoms with Crippen LogP contribution in [0, 0.1) is 0 Å². The number of rotatable bonds is 9. The highest BCUT2D eigenvalue weighted by Crippen LogP contribution is 2.16. The van der Waals surface area contributed by atoms with Gasteiger partial charge in [0.25, 0.3) is 5.91 Å². The van der Waals surface area contributed by atoms with Crippen LogP contribution in [0.1, 0.15) is 37.0 Å². The van der Waals surface area contributed by atoms with Gasteiger partial charge in [-0.2, -0.15) is 5.10 Å². The Labute approximate surface area is 148 Å². The Morgan fingerprint density at radius 1 is 1.16 bits per heavy atom. The number of hydrogen-bond acceptors (Lipinski definition) is 4. The molecule has 2 aromatic rings. The summed E-state index contributed by atoms with van der Waals surface area (Å²) < 4.78 is 10.9. The molecule has 132 valence electrons. The fourth-order valence-corrected chi connectivity index (χ4v) is 2.24. The van der Waals surface area contributed by atoms with Crippen LogP contribution in [0.4, 0.5) is 0 Å². The van der Waals surface area contributed by atoms with Crippen molar-refractivity contribution in [2.45, 2.75) is 25.9 Å². The molecule has 1 unspecified atom stereocenters. The summed E-state index contributed by atoms with van der Waals surface area (Å²) in [7, 11) is 1.50. The average Bonchev–Trinajstić information content (AvgIpc) is 2.65. The highest BCUT2D eigenvalue weighted by atomic mass is 16.5. The minimum Gasteiger partial charge on any atom is -0.494 e. The molecule has 1 atom stereocenters. The van der Waals surface area contributed by atoms with Crippen molar-refractivity contribution in [1.82, 2.24) is 5.43 Å². The number of carbonyl (C=O) groups is 1. The molecular formula is C20H24N2O3. The molecule has 25 heavy (non-hydrogen) atoms. The maximum Gasteiger partial charge on any atom is 0.273 e. The molecule has 0 aliphatic rings. The van der Waals surface area contributed by atoms with Crippen molar-refractivity contribution in [1.29, 1.82) is 0 Å². The number of unbranched alkanes of at least 4 members (excludes halogenated alkanes) is 1. The van der Waals surface area contributed by atoms with Crippen molar-refractivity contribution in [2.24, 2.45) is 5.10 Å². The number of methoxy groups -OCH3 is 1. The Kier molecular flexibility index (Phi) is 7.66. The molecule has 0 bridgehead atoms. The van der Waals surface area contributed by atoms with Crippen molar-refractivity contribution in [3.8, 4) is 5.75 Å². The van der Waals surface area contributed by atoms with Gasteiger partial charge in [0.1, 0.15) is 5.75 Å². The highest BCUT2D eigenvalue weighted by Gasteiger charge is 2.18. The zero-order valence-electron chi connectivity index (χ0n) is 14.6. The largest absolute Gasteiger partial charge is 0.494 e. The molecule has 0 fully saturated rings. The Bertz CT molecular complexity index is 669. The van der Waals surface area contributed by atoms with E-state index >= 15 is 0 Å². The molecule has 2 aromatic carbocycles. The molecule has 1 N–H and O–H groups in total. The zero-order chi connectivity index (χ0) is 17.9. The van der Waals surface area contributed by atoms with E-state index in [4.69, 9.17) is 9.47 Å². The van der Waals surface area contributed by atoms with E-state index in [-0.39, 0.29) is 5.91 Å². The molecule has 0 aliphatic heterocycles. The first-order chi connectivity index (χ1) is 12.2. The van der Waals surface area contributed by atoms with E-state index < -0.39 is 6.10 Å². The van der Waals surface area contributed by atoms with E-state index in [1.807, 2.05) is 54.6 Å². The zero-order valence-corrected chi connectivity index (χ0v) is 14.6. The van der Waals surface area contributed by atoms with Crippen molar-refractivity contribution in [3.63, 3.8) is 0 Å².